The first-order valence-electron chi connectivity index (χ1n) is 6.05. The molecule has 0 saturated heterocycles. The van der Waals surface area contributed by atoms with Gasteiger partial charge in [-0.3, -0.25) is 0 Å². The molecule has 2 atom stereocenters. The summed E-state index contributed by atoms with van der Waals surface area (Å²) >= 11 is 0. The van der Waals surface area contributed by atoms with Crippen molar-refractivity contribution in [1.29, 1.82) is 0 Å². The summed E-state index contributed by atoms with van der Waals surface area (Å²) in [5.74, 6) is 1.56. The molecule has 2 unspecified atom stereocenters. The molecule has 0 radical (unpaired) electrons. The first kappa shape index (κ1) is 12.0. The fourth-order valence-corrected chi connectivity index (χ4v) is 2.40. The second kappa shape index (κ2) is 5.72. The van der Waals surface area contributed by atoms with Gasteiger partial charge < -0.3 is 10.6 Å². The van der Waals surface area contributed by atoms with Crippen molar-refractivity contribution in [3.63, 3.8) is 0 Å². The molecule has 0 spiro atoms. The Bertz CT molecular complexity index is 152. The zero-order valence-electron chi connectivity index (χ0n) is 10.00. The molecule has 0 aliphatic heterocycles. The summed E-state index contributed by atoms with van der Waals surface area (Å²) < 4.78 is 0. The van der Waals surface area contributed by atoms with E-state index in [0.29, 0.717) is 12.0 Å². The minimum Gasteiger partial charge on any atom is -0.330 e. The molecule has 84 valence electrons. The second-order valence-electron chi connectivity index (χ2n) is 5.04. The van der Waals surface area contributed by atoms with E-state index in [9.17, 15) is 0 Å². The van der Waals surface area contributed by atoms with Gasteiger partial charge in [-0.05, 0) is 45.2 Å². The first-order chi connectivity index (χ1) is 6.65. The standard InChI is InChI=1S/C12H26N2/c1-10(8-13)11(2)14(3)9-12-6-4-5-7-12/h10-12H,4-9,13H2,1-3H3. The number of nitrogens with zero attached hydrogens (tertiary/aromatic N) is 1. The first-order valence-corrected chi connectivity index (χ1v) is 6.05. The summed E-state index contributed by atoms with van der Waals surface area (Å²) in [7, 11) is 2.25. The molecule has 14 heavy (non-hydrogen) atoms. The van der Waals surface area contributed by atoms with E-state index >= 15 is 0 Å². The summed E-state index contributed by atoms with van der Waals surface area (Å²) in [5, 5.41) is 0. The molecule has 2 heteroatoms. The highest BCUT2D eigenvalue weighted by Crippen LogP contribution is 2.26. The van der Waals surface area contributed by atoms with E-state index in [0.717, 1.165) is 12.5 Å². The third-order valence-corrected chi connectivity index (χ3v) is 3.91. The Morgan fingerprint density at radius 1 is 1.29 bits per heavy atom. The summed E-state index contributed by atoms with van der Waals surface area (Å²) in [6, 6.07) is 0.626. The molecule has 0 heterocycles. The average Bonchev–Trinajstić information content (AvgIpc) is 2.68. The minimum atomic E-state index is 0.612. The Morgan fingerprint density at radius 3 is 2.36 bits per heavy atom. The van der Waals surface area contributed by atoms with Crippen LogP contribution in [0.25, 0.3) is 0 Å². The molecule has 1 fully saturated rings. The van der Waals surface area contributed by atoms with E-state index < -0.39 is 0 Å². The van der Waals surface area contributed by atoms with Crippen molar-refractivity contribution in [3.05, 3.63) is 0 Å². The summed E-state index contributed by atoms with van der Waals surface area (Å²) in [6.07, 6.45) is 5.76. The van der Waals surface area contributed by atoms with Gasteiger partial charge in [0.05, 0.1) is 0 Å². The second-order valence-corrected chi connectivity index (χ2v) is 5.04. The van der Waals surface area contributed by atoms with Crippen LogP contribution < -0.4 is 5.73 Å². The van der Waals surface area contributed by atoms with Crippen LogP contribution in [0, 0.1) is 11.8 Å². The quantitative estimate of drug-likeness (QED) is 0.733. The predicted octanol–water partition coefficient (Wildman–Crippen LogP) is 2.09. The van der Waals surface area contributed by atoms with Crippen LogP contribution in [-0.4, -0.2) is 31.1 Å². The van der Waals surface area contributed by atoms with Crippen molar-refractivity contribution in [2.45, 2.75) is 45.6 Å². The van der Waals surface area contributed by atoms with Gasteiger partial charge in [-0.15, -0.1) is 0 Å². The van der Waals surface area contributed by atoms with E-state index in [1.165, 1.54) is 32.2 Å². The Balaban J connectivity index is 2.28. The number of nitrogens with two attached hydrogens (primary N) is 1. The average molecular weight is 198 g/mol. The molecule has 1 saturated carbocycles. The van der Waals surface area contributed by atoms with Gasteiger partial charge in [-0.1, -0.05) is 19.8 Å². The van der Waals surface area contributed by atoms with Crippen LogP contribution in [0.4, 0.5) is 0 Å². The summed E-state index contributed by atoms with van der Waals surface area (Å²) in [6.45, 7) is 6.62. The molecule has 2 nitrogen and oxygen atoms in total. The normalized spacial score (nSPS) is 22.9. The fourth-order valence-electron chi connectivity index (χ4n) is 2.40. The van der Waals surface area contributed by atoms with E-state index in [1.54, 1.807) is 0 Å². The van der Waals surface area contributed by atoms with Crippen LogP contribution in [0.15, 0.2) is 0 Å². The Labute approximate surface area is 88.8 Å². The van der Waals surface area contributed by atoms with Crippen LogP contribution >= 0.6 is 0 Å². The lowest BCUT2D eigenvalue weighted by molar-refractivity contribution is 0.175. The van der Waals surface area contributed by atoms with E-state index in [1.807, 2.05) is 0 Å². The van der Waals surface area contributed by atoms with Crippen LogP contribution in [0.2, 0.25) is 0 Å². The Kier molecular flexibility index (Phi) is 4.90. The monoisotopic (exact) mass is 198 g/mol. The van der Waals surface area contributed by atoms with Gasteiger partial charge >= 0.3 is 0 Å². The van der Waals surface area contributed by atoms with Gasteiger partial charge in [-0.2, -0.15) is 0 Å². The topological polar surface area (TPSA) is 29.3 Å². The van der Waals surface area contributed by atoms with Crippen LogP contribution in [0.3, 0.4) is 0 Å². The van der Waals surface area contributed by atoms with Crippen molar-refractivity contribution in [2.24, 2.45) is 17.6 Å². The molecule has 0 aromatic rings. The molecule has 2 N–H and O–H groups in total. The molecule has 1 rings (SSSR count). The highest BCUT2D eigenvalue weighted by atomic mass is 15.1. The van der Waals surface area contributed by atoms with Gasteiger partial charge in [0, 0.05) is 12.6 Å². The maximum Gasteiger partial charge on any atom is 0.0102 e. The lowest BCUT2D eigenvalue weighted by Crippen LogP contribution is -2.39. The Morgan fingerprint density at radius 2 is 1.86 bits per heavy atom. The molecule has 0 aromatic carbocycles. The van der Waals surface area contributed by atoms with Crippen LogP contribution in [0.5, 0.6) is 0 Å². The van der Waals surface area contributed by atoms with Crippen molar-refractivity contribution >= 4 is 0 Å². The largest absolute Gasteiger partial charge is 0.330 e. The van der Waals surface area contributed by atoms with Crippen molar-refractivity contribution < 1.29 is 0 Å². The molecule has 0 aromatic heterocycles. The smallest absolute Gasteiger partial charge is 0.0102 e. The van der Waals surface area contributed by atoms with E-state index in [4.69, 9.17) is 5.73 Å². The van der Waals surface area contributed by atoms with Gasteiger partial charge in [0.1, 0.15) is 0 Å². The van der Waals surface area contributed by atoms with Crippen LogP contribution in [-0.2, 0) is 0 Å². The lowest BCUT2D eigenvalue weighted by Gasteiger charge is -2.31. The number of hydrogen-bond acceptors (Lipinski definition) is 2. The lowest BCUT2D eigenvalue weighted by atomic mass is 10.0. The third-order valence-electron chi connectivity index (χ3n) is 3.91. The van der Waals surface area contributed by atoms with Crippen molar-refractivity contribution in [3.8, 4) is 0 Å². The van der Waals surface area contributed by atoms with E-state index in [2.05, 4.69) is 25.8 Å². The molecule has 1 aliphatic rings. The molecule has 0 amide bonds. The number of hydrogen-bond donors (Lipinski definition) is 1. The fraction of sp³-hybridized carbons (Fsp3) is 1.00. The van der Waals surface area contributed by atoms with Gasteiger partial charge in [0.15, 0.2) is 0 Å². The minimum absolute atomic E-state index is 0.612. The summed E-state index contributed by atoms with van der Waals surface area (Å²) in [4.78, 5) is 2.49. The highest BCUT2D eigenvalue weighted by molar-refractivity contribution is 4.76. The summed E-state index contributed by atoms with van der Waals surface area (Å²) in [5.41, 5.74) is 5.69. The zero-order valence-corrected chi connectivity index (χ0v) is 10.00. The molecule has 1 aliphatic carbocycles. The molecule has 0 bridgehead atoms. The molecular formula is C12H26N2. The predicted molar refractivity (Wildman–Crippen MR) is 62.3 cm³/mol. The maximum atomic E-state index is 5.69. The van der Waals surface area contributed by atoms with Gasteiger partial charge in [-0.25, -0.2) is 0 Å². The Hall–Kier alpha value is -0.0800. The van der Waals surface area contributed by atoms with Crippen molar-refractivity contribution in [1.82, 2.24) is 4.90 Å². The van der Waals surface area contributed by atoms with Gasteiger partial charge in [0.2, 0.25) is 0 Å². The highest BCUT2D eigenvalue weighted by Gasteiger charge is 2.21. The van der Waals surface area contributed by atoms with Gasteiger partial charge in [0.25, 0.3) is 0 Å². The molecular weight excluding hydrogens is 172 g/mol. The third kappa shape index (κ3) is 3.25. The van der Waals surface area contributed by atoms with Crippen LogP contribution in [0.1, 0.15) is 39.5 Å². The maximum absolute atomic E-state index is 5.69. The zero-order chi connectivity index (χ0) is 10.6. The van der Waals surface area contributed by atoms with E-state index in [-0.39, 0.29) is 0 Å². The SMILES string of the molecule is CC(CN)C(C)N(C)CC1CCCC1. The number of rotatable bonds is 5. The van der Waals surface area contributed by atoms with Crippen molar-refractivity contribution in [2.75, 3.05) is 20.1 Å².